The van der Waals surface area contributed by atoms with Crippen LogP contribution in [0.1, 0.15) is 21.5 Å². The van der Waals surface area contributed by atoms with Gasteiger partial charge in [0, 0.05) is 44.4 Å². The van der Waals surface area contributed by atoms with Crippen LogP contribution in [0, 0.1) is 5.92 Å². The highest BCUT2D eigenvalue weighted by molar-refractivity contribution is 5.98. The van der Waals surface area contributed by atoms with Crippen molar-refractivity contribution in [2.75, 3.05) is 44.7 Å². The van der Waals surface area contributed by atoms with Crippen molar-refractivity contribution in [1.29, 1.82) is 0 Å². The Morgan fingerprint density at radius 2 is 1.85 bits per heavy atom. The SMILES string of the molecule is O=C1c2cc(Nc3cncnc3)ccc2OCCN1C[C@H](CO)CN1CCc2ccccc2C1. The fourth-order valence-corrected chi connectivity index (χ4v) is 4.70. The number of aliphatic hydroxyl groups is 1. The molecule has 0 unspecified atom stereocenters. The number of ether oxygens (including phenoxy) is 1. The summed E-state index contributed by atoms with van der Waals surface area (Å²) in [6.45, 7) is 4.02. The Labute approximate surface area is 199 Å². The lowest BCUT2D eigenvalue weighted by atomic mass is 9.98. The first-order valence-electron chi connectivity index (χ1n) is 11.7. The van der Waals surface area contributed by atoms with Crippen LogP contribution in [-0.2, 0) is 13.0 Å². The maximum absolute atomic E-state index is 13.4. The molecule has 5 rings (SSSR count). The van der Waals surface area contributed by atoms with Crippen molar-refractivity contribution < 1.29 is 14.6 Å². The standard InChI is InChI=1S/C26H29N5O3/c32-17-19(14-30-8-7-20-3-1-2-4-21(20)16-30)15-31-9-10-34-25-6-5-22(11-24(25)26(31)33)29-23-12-27-18-28-13-23/h1-6,11-13,18-19,29,32H,7-10,14-17H2/t19-/m1/s1. The normalized spacial score (nSPS) is 16.7. The lowest BCUT2D eigenvalue weighted by molar-refractivity contribution is 0.0656. The van der Waals surface area contributed by atoms with E-state index in [4.69, 9.17) is 4.74 Å². The molecular formula is C26H29N5O3. The van der Waals surface area contributed by atoms with Gasteiger partial charge in [-0.3, -0.25) is 9.69 Å². The van der Waals surface area contributed by atoms with Gasteiger partial charge in [-0.2, -0.15) is 0 Å². The fraction of sp³-hybridized carbons (Fsp3) is 0.346. The minimum atomic E-state index is -0.0806. The molecule has 0 saturated heterocycles. The summed E-state index contributed by atoms with van der Waals surface area (Å²) in [5.74, 6) is 0.469. The van der Waals surface area contributed by atoms with Crippen LogP contribution in [0.3, 0.4) is 0 Å². The first kappa shape index (κ1) is 22.3. The average Bonchev–Trinajstić information content (AvgIpc) is 3.02. The van der Waals surface area contributed by atoms with Gasteiger partial charge >= 0.3 is 0 Å². The molecule has 2 aromatic carbocycles. The highest BCUT2D eigenvalue weighted by atomic mass is 16.5. The number of fused-ring (bicyclic) bond motifs is 2. The summed E-state index contributed by atoms with van der Waals surface area (Å²) < 4.78 is 5.87. The molecule has 1 aromatic heterocycles. The second-order valence-electron chi connectivity index (χ2n) is 8.87. The zero-order valence-electron chi connectivity index (χ0n) is 19.1. The van der Waals surface area contributed by atoms with Crippen LogP contribution < -0.4 is 10.1 Å². The number of nitrogens with zero attached hydrogens (tertiary/aromatic N) is 4. The van der Waals surface area contributed by atoms with Crippen LogP contribution in [0.15, 0.2) is 61.2 Å². The van der Waals surface area contributed by atoms with Crippen molar-refractivity contribution in [2.24, 2.45) is 5.92 Å². The van der Waals surface area contributed by atoms with Crippen LogP contribution >= 0.6 is 0 Å². The van der Waals surface area contributed by atoms with Crippen molar-refractivity contribution in [2.45, 2.75) is 13.0 Å². The Morgan fingerprint density at radius 3 is 2.68 bits per heavy atom. The molecular weight excluding hydrogens is 430 g/mol. The van der Waals surface area contributed by atoms with E-state index in [1.54, 1.807) is 23.4 Å². The van der Waals surface area contributed by atoms with E-state index >= 15 is 0 Å². The molecule has 8 heteroatoms. The smallest absolute Gasteiger partial charge is 0.257 e. The van der Waals surface area contributed by atoms with Crippen LogP contribution in [0.25, 0.3) is 0 Å². The van der Waals surface area contributed by atoms with Crippen LogP contribution in [0.2, 0.25) is 0 Å². The number of carbonyl (C=O) groups excluding carboxylic acids is 1. The summed E-state index contributed by atoms with van der Waals surface area (Å²) in [6, 6.07) is 14.0. The lowest BCUT2D eigenvalue weighted by Crippen LogP contribution is -2.43. The summed E-state index contributed by atoms with van der Waals surface area (Å²) in [5, 5.41) is 13.4. The van der Waals surface area contributed by atoms with Crippen molar-refractivity contribution >= 4 is 17.3 Å². The highest BCUT2D eigenvalue weighted by Crippen LogP contribution is 2.28. The maximum atomic E-state index is 13.4. The Bertz CT molecular complexity index is 1140. The zero-order chi connectivity index (χ0) is 23.3. The molecule has 0 spiro atoms. The third kappa shape index (κ3) is 5.03. The molecule has 0 bridgehead atoms. The second-order valence-corrected chi connectivity index (χ2v) is 8.87. The van der Waals surface area contributed by atoms with Crippen molar-refractivity contribution in [3.8, 4) is 5.75 Å². The molecule has 1 atom stereocenters. The van der Waals surface area contributed by atoms with Gasteiger partial charge in [0.25, 0.3) is 5.91 Å². The Morgan fingerprint density at radius 1 is 1.03 bits per heavy atom. The summed E-state index contributed by atoms with van der Waals surface area (Å²) in [4.78, 5) is 25.7. The largest absolute Gasteiger partial charge is 0.491 e. The minimum absolute atomic E-state index is 0.0291. The van der Waals surface area contributed by atoms with Crippen molar-refractivity contribution in [3.63, 3.8) is 0 Å². The molecule has 3 heterocycles. The van der Waals surface area contributed by atoms with E-state index < -0.39 is 0 Å². The summed E-state index contributed by atoms with van der Waals surface area (Å²) in [5.41, 5.74) is 4.77. The quantitative estimate of drug-likeness (QED) is 0.561. The van der Waals surface area contributed by atoms with Gasteiger partial charge in [0.15, 0.2) is 0 Å². The topological polar surface area (TPSA) is 90.8 Å². The van der Waals surface area contributed by atoms with Gasteiger partial charge in [-0.25, -0.2) is 9.97 Å². The molecule has 0 aliphatic carbocycles. The molecule has 34 heavy (non-hydrogen) atoms. The molecule has 2 aliphatic rings. The lowest BCUT2D eigenvalue weighted by Gasteiger charge is -2.33. The maximum Gasteiger partial charge on any atom is 0.257 e. The van der Waals surface area contributed by atoms with E-state index in [0.717, 1.165) is 37.4 Å². The van der Waals surface area contributed by atoms with E-state index in [9.17, 15) is 9.90 Å². The van der Waals surface area contributed by atoms with Crippen molar-refractivity contribution in [1.82, 2.24) is 19.8 Å². The fourth-order valence-electron chi connectivity index (χ4n) is 4.70. The summed E-state index contributed by atoms with van der Waals surface area (Å²) in [7, 11) is 0. The number of aromatic nitrogens is 2. The molecule has 3 aromatic rings. The van der Waals surface area contributed by atoms with Crippen LogP contribution in [-0.4, -0.2) is 70.2 Å². The number of hydrogen-bond donors (Lipinski definition) is 2. The van der Waals surface area contributed by atoms with Gasteiger partial charge < -0.3 is 20.1 Å². The van der Waals surface area contributed by atoms with E-state index in [0.29, 0.717) is 31.0 Å². The molecule has 0 fully saturated rings. The second kappa shape index (κ2) is 10.2. The predicted octanol–water partition coefficient (Wildman–Crippen LogP) is 2.72. The number of benzene rings is 2. The number of aliphatic hydroxyl groups excluding tert-OH is 1. The summed E-state index contributed by atoms with van der Waals surface area (Å²) in [6.07, 6.45) is 5.83. The zero-order valence-corrected chi connectivity index (χ0v) is 19.1. The molecule has 1 amide bonds. The Kier molecular flexibility index (Phi) is 6.69. The number of rotatable bonds is 7. The highest BCUT2D eigenvalue weighted by Gasteiger charge is 2.27. The third-order valence-electron chi connectivity index (χ3n) is 6.43. The average molecular weight is 460 g/mol. The molecule has 2 N–H and O–H groups in total. The minimum Gasteiger partial charge on any atom is -0.491 e. The van der Waals surface area contributed by atoms with Gasteiger partial charge in [-0.1, -0.05) is 24.3 Å². The monoisotopic (exact) mass is 459 g/mol. The molecule has 176 valence electrons. The first-order valence-corrected chi connectivity index (χ1v) is 11.7. The van der Waals surface area contributed by atoms with E-state index in [1.807, 2.05) is 12.1 Å². The number of carbonyl (C=O) groups is 1. The molecule has 0 saturated carbocycles. The van der Waals surface area contributed by atoms with E-state index in [-0.39, 0.29) is 18.4 Å². The number of nitrogens with one attached hydrogen (secondary N) is 1. The van der Waals surface area contributed by atoms with Crippen molar-refractivity contribution in [3.05, 3.63) is 77.9 Å². The molecule has 2 aliphatic heterocycles. The summed E-state index contributed by atoms with van der Waals surface area (Å²) >= 11 is 0. The number of amides is 1. The predicted molar refractivity (Wildman–Crippen MR) is 129 cm³/mol. The molecule has 0 radical (unpaired) electrons. The third-order valence-corrected chi connectivity index (χ3v) is 6.43. The van der Waals surface area contributed by atoms with Crippen LogP contribution in [0.5, 0.6) is 5.75 Å². The molecule has 8 nitrogen and oxygen atoms in total. The van der Waals surface area contributed by atoms with Gasteiger partial charge in [0.05, 0.1) is 30.2 Å². The van der Waals surface area contributed by atoms with E-state index in [1.165, 1.54) is 17.5 Å². The Hall–Kier alpha value is -3.49. The van der Waals surface area contributed by atoms with Crippen LogP contribution in [0.4, 0.5) is 11.4 Å². The number of anilines is 2. The van der Waals surface area contributed by atoms with Gasteiger partial charge in [0.2, 0.25) is 0 Å². The van der Waals surface area contributed by atoms with Gasteiger partial charge in [-0.15, -0.1) is 0 Å². The number of hydrogen-bond acceptors (Lipinski definition) is 7. The Balaban J connectivity index is 1.27. The van der Waals surface area contributed by atoms with E-state index in [2.05, 4.69) is 44.5 Å². The van der Waals surface area contributed by atoms with Gasteiger partial charge in [0.1, 0.15) is 18.7 Å². The first-order chi connectivity index (χ1) is 16.7. The van der Waals surface area contributed by atoms with Gasteiger partial charge in [-0.05, 0) is 35.7 Å².